The molecule has 1 aliphatic rings. The van der Waals surface area contributed by atoms with Crippen molar-refractivity contribution >= 4 is 17.5 Å². The van der Waals surface area contributed by atoms with Gasteiger partial charge in [-0.25, -0.2) is 0 Å². The average Bonchev–Trinajstić information content (AvgIpc) is 3.30. The van der Waals surface area contributed by atoms with Crippen LogP contribution in [0.15, 0.2) is 47.1 Å². The molecule has 1 saturated heterocycles. The summed E-state index contributed by atoms with van der Waals surface area (Å²) in [5, 5.41) is 0.641. The van der Waals surface area contributed by atoms with Gasteiger partial charge in [0.25, 0.3) is 0 Å². The second kappa shape index (κ2) is 9.04. The minimum absolute atomic E-state index is 0.00134. The van der Waals surface area contributed by atoms with Crippen molar-refractivity contribution in [2.24, 2.45) is 0 Å². The molecule has 25 heavy (non-hydrogen) atoms. The summed E-state index contributed by atoms with van der Waals surface area (Å²) < 4.78 is 16.6. The highest BCUT2D eigenvalue weighted by Gasteiger charge is 2.23. The molecular weight excluding hydrogens is 342 g/mol. The zero-order chi connectivity index (χ0) is 17.5. The Labute approximate surface area is 152 Å². The molecule has 2 heterocycles. The lowest BCUT2D eigenvalue weighted by Gasteiger charge is -2.24. The topological polar surface area (TPSA) is 51.9 Å². The smallest absolute Gasteiger partial charge is 0.249 e. The van der Waals surface area contributed by atoms with Gasteiger partial charge in [-0.3, -0.25) is 4.79 Å². The molecule has 134 valence electrons. The van der Waals surface area contributed by atoms with Crippen LogP contribution in [0.1, 0.15) is 24.2 Å². The van der Waals surface area contributed by atoms with E-state index in [1.54, 1.807) is 11.2 Å². The van der Waals surface area contributed by atoms with Gasteiger partial charge in [0, 0.05) is 18.2 Å². The Balaban J connectivity index is 1.55. The predicted octanol–water partition coefficient (Wildman–Crippen LogP) is 3.66. The summed E-state index contributed by atoms with van der Waals surface area (Å²) in [6.07, 6.45) is 3.71. The maximum Gasteiger partial charge on any atom is 0.249 e. The van der Waals surface area contributed by atoms with E-state index in [1.807, 2.05) is 36.4 Å². The molecule has 1 aromatic carbocycles. The number of halogens is 1. The van der Waals surface area contributed by atoms with Crippen LogP contribution in [0.5, 0.6) is 0 Å². The third-order valence-corrected chi connectivity index (χ3v) is 4.54. The van der Waals surface area contributed by atoms with Crippen LogP contribution in [0.2, 0.25) is 5.02 Å². The molecule has 1 aromatic heterocycles. The van der Waals surface area contributed by atoms with Crippen molar-refractivity contribution in [3.63, 3.8) is 0 Å². The molecule has 1 unspecified atom stereocenters. The number of amides is 1. The van der Waals surface area contributed by atoms with Crippen LogP contribution >= 0.6 is 11.6 Å². The van der Waals surface area contributed by atoms with Gasteiger partial charge in [0.15, 0.2) is 0 Å². The summed E-state index contributed by atoms with van der Waals surface area (Å²) in [6, 6.07) is 11.1. The summed E-state index contributed by atoms with van der Waals surface area (Å²) >= 11 is 6.11. The van der Waals surface area contributed by atoms with Gasteiger partial charge in [0.1, 0.15) is 12.4 Å². The number of benzene rings is 1. The van der Waals surface area contributed by atoms with E-state index in [-0.39, 0.29) is 18.6 Å². The molecule has 2 aromatic rings. The summed E-state index contributed by atoms with van der Waals surface area (Å²) in [7, 11) is 0. The number of furan rings is 1. The normalized spacial score (nSPS) is 16.9. The number of carbonyl (C=O) groups excluding carboxylic acids is 1. The van der Waals surface area contributed by atoms with Crippen LogP contribution in [0, 0.1) is 0 Å². The minimum Gasteiger partial charge on any atom is -0.467 e. The second-order valence-corrected chi connectivity index (χ2v) is 6.48. The average molecular weight is 364 g/mol. The van der Waals surface area contributed by atoms with E-state index in [0.717, 1.165) is 30.8 Å². The molecule has 0 saturated carbocycles. The molecule has 0 spiro atoms. The molecule has 1 fully saturated rings. The fourth-order valence-electron chi connectivity index (χ4n) is 2.83. The van der Waals surface area contributed by atoms with Gasteiger partial charge >= 0.3 is 0 Å². The molecule has 6 heteroatoms. The van der Waals surface area contributed by atoms with Gasteiger partial charge in [0.05, 0.1) is 25.5 Å². The highest BCUT2D eigenvalue weighted by Crippen LogP contribution is 2.17. The number of hydrogen-bond donors (Lipinski definition) is 0. The zero-order valence-electron chi connectivity index (χ0n) is 14.0. The molecule has 0 bridgehead atoms. The van der Waals surface area contributed by atoms with Crippen LogP contribution in [0.4, 0.5) is 0 Å². The summed E-state index contributed by atoms with van der Waals surface area (Å²) in [5.74, 6) is 0.663. The van der Waals surface area contributed by atoms with Gasteiger partial charge in [-0.15, -0.1) is 0 Å². The van der Waals surface area contributed by atoms with Crippen molar-refractivity contribution in [3.8, 4) is 0 Å². The molecule has 3 rings (SSSR count). The van der Waals surface area contributed by atoms with E-state index in [4.69, 9.17) is 25.5 Å². The Morgan fingerprint density at radius 2 is 2.16 bits per heavy atom. The monoisotopic (exact) mass is 363 g/mol. The van der Waals surface area contributed by atoms with Crippen molar-refractivity contribution in [1.82, 2.24) is 4.90 Å². The first-order chi connectivity index (χ1) is 12.2. The maximum atomic E-state index is 12.6. The molecular formula is C19H22ClNO4. The van der Waals surface area contributed by atoms with Crippen molar-refractivity contribution in [1.29, 1.82) is 0 Å². The predicted molar refractivity (Wildman–Crippen MR) is 94.2 cm³/mol. The number of ether oxygens (including phenoxy) is 2. The number of rotatable bonds is 8. The maximum absolute atomic E-state index is 12.6. The summed E-state index contributed by atoms with van der Waals surface area (Å²) in [6.45, 7) is 2.03. The van der Waals surface area contributed by atoms with E-state index in [1.165, 1.54) is 0 Å². The van der Waals surface area contributed by atoms with E-state index in [9.17, 15) is 4.79 Å². The van der Waals surface area contributed by atoms with E-state index in [2.05, 4.69) is 0 Å². The van der Waals surface area contributed by atoms with Gasteiger partial charge < -0.3 is 18.8 Å². The number of hydrogen-bond acceptors (Lipinski definition) is 4. The highest BCUT2D eigenvalue weighted by molar-refractivity contribution is 6.31. The minimum atomic E-state index is -0.0843. The summed E-state index contributed by atoms with van der Waals surface area (Å²) in [4.78, 5) is 14.3. The van der Waals surface area contributed by atoms with Crippen LogP contribution in [0.25, 0.3) is 0 Å². The highest BCUT2D eigenvalue weighted by atomic mass is 35.5. The Hall–Kier alpha value is -1.82. The number of nitrogens with zero attached hydrogens (tertiary/aromatic N) is 1. The van der Waals surface area contributed by atoms with Gasteiger partial charge in [-0.2, -0.15) is 0 Å². The van der Waals surface area contributed by atoms with Crippen molar-refractivity contribution in [3.05, 3.63) is 59.0 Å². The molecule has 0 radical (unpaired) electrons. The van der Waals surface area contributed by atoms with Crippen molar-refractivity contribution in [2.75, 3.05) is 19.8 Å². The molecule has 1 amide bonds. The Morgan fingerprint density at radius 1 is 1.28 bits per heavy atom. The molecule has 1 aliphatic heterocycles. The standard InChI is InChI=1S/C19H22ClNO4/c20-18-8-2-1-5-15(18)13-23-14-19(22)21(11-16-6-3-9-24-16)12-17-7-4-10-25-17/h1-3,5-6,8-9,17H,4,7,10-14H2. The first-order valence-corrected chi connectivity index (χ1v) is 8.83. The third kappa shape index (κ3) is 5.33. The lowest BCUT2D eigenvalue weighted by Crippen LogP contribution is -2.39. The van der Waals surface area contributed by atoms with Gasteiger partial charge in [-0.05, 0) is 36.6 Å². The second-order valence-electron chi connectivity index (χ2n) is 6.07. The fourth-order valence-corrected chi connectivity index (χ4v) is 3.02. The lowest BCUT2D eigenvalue weighted by molar-refractivity contribution is -0.139. The van der Waals surface area contributed by atoms with Crippen LogP contribution in [-0.2, 0) is 27.4 Å². The van der Waals surface area contributed by atoms with Crippen molar-refractivity contribution in [2.45, 2.75) is 32.1 Å². The third-order valence-electron chi connectivity index (χ3n) is 4.17. The van der Waals surface area contributed by atoms with Crippen LogP contribution in [-0.4, -0.2) is 36.7 Å². The summed E-state index contributed by atoms with van der Waals surface area (Å²) in [5.41, 5.74) is 0.869. The molecule has 5 nitrogen and oxygen atoms in total. The SMILES string of the molecule is O=C(COCc1ccccc1Cl)N(Cc1ccco1)CC1CCCO1. The van der Waals surface area contributed by atoms with E-state index < -0.39 is 0 Å². The van der Waals surface area contributed by atoms with Crippen molar-refractivity contribution < 1.29 is 18.7 Å². The molecule has 1 atom stereocenters. The molecule has 0 aliphatic carbocycles. The van der Waals surface area contributed by atoms with Gasteiger partial charge in [0.2, 0.25) is 5.91 Å². The van der Waals surface area contributed by atoms with Crippen LogP contribution in [0.3, 0.4) is 0 Å². The molecule has 0 N–H and O–H groups in total. The van der Waals surface area contributed by atoms with E-state index in [0.29, 0.717) is 24.7 Å². The Morgan fingerprint density at radius 3 is 2.88 bits per heavy atom. The largest absolute Gasteiger partial charge is 0.467 e. The first-order valence-electron chi connectivity index (χ1n) is 8.45. The van der Waals surface area contributed by atoms with Gasteiger partial charge in [-0.1, -0.05) is 29.8 Å². The fraction of sp³-hybridized carbons (Fsp3) is 0.421. The Kier molecular flexibility index (Phi) is 6.50. The Bertz CT molecular complexity index is 668. The lowest BCUT2D eigenvalue weighted by atomic mass is 10.2. The quantitative estimate of drug-likeness (QED) is 0.718. The first kappa shape index (κ1) is 18.0. The van der Waals surface area contributed by atoms with E-state index >= 15 is 0 Å². The van der Waals surface area contributed by atoms with Crippen LogP contribution < -0.4 is 0 Å². The number of carbonyl (C=O) groups is 1. The zero-order valence-corrected chi connectivity index (χ0v) is 14.8.